The van der Waals surface area contributed by atoms with E-state index in [1.807, 2.05) is 19.1 Å². The Morgan fingerprint density at radius 1 is 1.21 bits per heavy atom. The number of carbonyl (C=O) groups is 2. The van der Waals surface area contributed by atoms with Gasteiger partial charge >= 0.3 is 5.97 Å². The first-order chi connectivity index (χ1) is 11.3. The minimum Gasteiger partial charge on any atom is -0.482 e. The molecule has 5 nitrogen and oxygen atoms in total. The molecule has 1 unspecified atom stereocenters. The molecule has 2 rings (SSSR count). The quantitative estimate of drug-likeness (QED) is 0.763. The van der Waals surface area contributed by atoms with E-state index in [1.54, 1.807) is 12.1 Å². The summed E-state index contributed by atoms with van der Waals surface area (Å²) in [6, 6.07) is 7.09. The van der Waals surface area contributed by atoms with E-state index in [9.17, 15) is 9.59 Å². The number of nitrogens with one attached hydrogen (secondary N) is 1. The Labute approximate surface area is 143 Å². The topological polar surface area (TPSA) is 75.6 Å². The molecule has 1 saturated carbocycles. The smallest absolute Gasteiger partial charge is 0.341 e. The summed E-state index contributed by atoms with van der Waals surface area (Å²) in [6.45, 7) is 5.93. The second-order valence-electron chi connectivity index (χ2n) is 7.18. The third-order valence-electron chi connectivity index (χ3n) is 4.68. The third-order valence-corrected chi connectivity index (χ3v) is 4.68. The number of benzene rings is 1. The van der Waals surface area contributed by atoms with E-state index in [0.29, 0.717) is 11.7 Å². The van der Waals surface area contributed by atoms with Crippen LogP contribution in [0.3, 0.4) is 0 Å². The van der Waals surface area contributed by atoms with E-state index >= 15 is 0 Å². The van der Waals surface area contributed by atoms with Crippen LogP contribution in [0.4, 0.5) is 0 Å². The van der Waals surface area contributed by atoms with Crippen molar-refractivity contribution in [1.29, 1.82) is 0 Å². The summed E-state index contributed by atoms with van der Waals surface area (Å²) in [4.78, 5) is 23.2. The molecule has 0 heterocycles. The Morgan fingerprint density at radius 3 is 2.29 bits per heavy atom. The van der Waals surface area contributed by atoms with E-state index < -0.39 is 5.97 Å². The van der Waals surface area contributed by atoms with Crippen LogP contribution in [0.25, 0.3) is 0 Å². The summed E-state index contributed by atoms with van der Waals surface area (Å²) in [5, 5.41) is 11.8. The number of amides is 1. The van der Waals surface area contributed by atoms with Crippen LogP contribution in [0.5, 0.6) is 5.75 Å². The summed E-state index contributed by atoms with van der Waals surface area (Å²) in [5.74, 6) is 0.170. The van der Waals surface area contributed by atoms with Gasteiger partial charge in [0, 0.05) is 5.41 Å². The van der Waals surface area contributed by atoms with Gasteiger partial charge in [0.1, 0.15) is 5.75 Å². The number of ether oxygens (including phenoxy) is 1. The standard InChI is InChI=1S/C19H27NO4/c1-13(2)11-19(9-4-10-19)18(23)20-14(3)15-5-7-16(8-6-15)24-12-17(21)22/h5-8,13-14H,4,9-12H2,1-3H3,(H,20,23)(H,21,22). The minimum absolute atomic E-state index is 0.0874. The van der Waals surface area contributed by atoms with Crippen LogP contribution in [-0.2, 0) is 9.59 Å². The van der Waals surface area contributed by atoms with Gasteiger partial charge in [0.15, 0.2) is 6.61 Å². The maximum Gasteiger partial charge on any atom is 0.341 e. The molecular weight excluding hydrogens is 306 g/mol. The predicted molar refractivity (Wildman–Crippen MR) is 91.9 cm³/mol. The molecule has 1 aliphatic rings. The molecule has 0 bridgehead atoms. The lowest BCUT2D eigenvalue weighted by atomic mass is 9.64. The fraction of sp³-hybridized carbons (Fsp3) is 0.579. The minimum atomic E-state index is -1.00. The first-order valence-electron chi connectivity index (χ1n) is 8.58. The lowest BCUT2D eigenvalue weighted by Gasteiger charge is -2.42. The van der Waals surface area contributed by atoms with Crippen molar-refractivity contribution >= 4 is 11.9 Å². The summed E-state index contributed by atoms with van der Waals surface area (Å²) in [7, 11) is 0. The Balaban J connectivity index is 1.95. The number of carboxylic acid groups (broad SMARTS) is 1. The van der Waals surface area contributed by atoms with Crippen LogP contribution in [0.1, 0.15) is 58.1 Å². The van der Waals surface area contributed by atoms with Crippen molar-refractivity contribution in [3.63, 3.8) is 0 Å². The van der Waals surface area contributed by atoms with Gasteiger partial charge in [-0.05, 0) is 49.8 Å². The molecule has 2 N–H and O–H groups in total. The Morgan fingerprint density at radius 2 is 1.83 bits per heavy atom. The number of carboxylic acids is 1. The fourth-order valence-electron chi connectivity index (χ4n) is 3.34. The molecule has 1 fully saturated rings. The van der Waals surface area contributed by atoms with Crippen LogP contribution < -0.4 is 10.1 Å². The highest BCUT2D eigenvalue weighted by atomic mass is 16.5. The molecule has 132 valence electrons. The normalized spacial score (nSPS) is 17.0. The molecule has 0 spiro atoms. The van der Waals surface area contributed by atoms with Gasteiger partial charge in [-0.3, -0.25) is 4.79 Å². The second kappa shape index (κ2) is 7.69. The van der Waals surface area contributed by atoms with Gasteiger partial charge < -0.3 is 15.2 Å². The zero-order valence-electron chi connectivity index (χ0n) is 14.7. The van der Waals surface area contributed by atoms with Gasteiger partial charge in [-0.2, -0.15) is 0 Å². The maximum absolute atomic E-state index is 12.7. The number of hydrogen-bond acceptors (Lipinski definition) is 3. The molecule has 5 heteroatoms. The molecule has 1 aliphatic carbocycles. The van der Waals surface area contributed by atoms with Crippen LogP contribution in [-0.4, -0.2) is 23.6 Å². The van der Waals surface area contributed by atoms with Crippen molar-refractivity contribution in [3.05, 3.63) is 29.8 Å². The van der Waals surface area contributed by atoms with Gasteiger partial charge in [0.05, 0.1) is 6.04 Å². The molecular formula is C19H27NO4. The molecule has 0 aliphatic heterocycles. The average Bonchev–Trinajstić information content (AvgIpc) is 2.48. The van der Waals surface area contributed by atoms with E-state index in [4.69, 9.17) is 9.84 Å². The van der Waals surface area contributed by atoms with Gasteiger partial charge in [-0.1, -0.05) is 32.4 Å². The Kier molecular flexibility index (Phi) is 5.86. The highest BCUT2D eigenvalue weighted by Gasteiger charge is 2.44. The Hall–Kier alpha value is -2.04. The monoisotopic (exact) mass is 333 g/mol. The van der Waals surface area contributed by atoms with Crippen molar-refractivity contribution < 1.29 is 19.4 Å². The highest BCUT2D eigenvalue weighted by Crippen LogP contribution is 2.46. The Bertz CT molecular complexity index is 576. The van der Waals surface area contributed by atoms with Crippen LogP contribution in [0, 0.1) is 11.3 Å². The van der Waals surface area contributed by atoms with E-state index in [-0.39, 0.29) is 24.0 Å². The fourth-order valence-corrected chi connectivity index (χ4v) is 3.34. The number of rotatable bonds is 8. The van der Waals surface area contributed by atoms with Crippen molar-refractivity contribution in [1.82, 2.24) is 5.32 Å². The first-order valence-corrected chi connectivity index (χ1v) is 8.58. The molecule has 0 radical (unpaired) electrons. The van der Waals surface area contributed by atoms with Gasteiger partial charge in [-0.15, -0.1) is 0 Å². The molecule has 1 atom stereocenters. The zero-order valence-corrected chi connectivity index (χ0v) is 14.7. The molecule has 0 saturated heterocycles. The van der Waals surface area contributed by atoms with E-state index in [0.717, 1.165) is 31.2 Å². The molecule has 0 aromatic heterocycles. The largest absolute Gasteiger partial charge is 0.482 e. The van der Waals surface area contributed by atoms with Crippen LogP contribution in [0.2, 0.25) is 0 Å². The average molecular weight is 333 g/mol. The van der Waals surface area contributed by atoms with Gasteiger partial charge in [-0.25, -0.2) is 4.79 Å². The van der Waals surface area contributed by atoms with Crippen molar-refractivity contribution in [2.45, 2.75) is 52.5 Å². The van der Waals surface area contributed by atoms with E-state index in [1.165, 1.54) is 0 Å². The lowest BCUT2D eigenvalue weighted by Crippen LogP contribution is -2.47. The first kappa shape index (κ1) is 18.3. The molecule has 1 aromatic carbocycles. The summed E-state index contributed by atoms with van der Waals surface area (Å²) in [6.07, 6.45) is 4.02. The summed E-state index contributed by atoms with van der Waals surface area (Å²) in [5.41, 5.74) is 0.789. The van der Waals surface area contributed by atoms with Crippen LogP contribution >= 0.6 is 0 Å². The molecule has 1 amide bonds. The van der Waals surface area contributed by atoms with Crippen molar-refractivity contribution in [3.8, 4) is 5.75 Å². The second-order valence-corrected chi connectivity index (χ2v) is 7.18. The molecule has 1 aromatic rings. The summed E-state index contributed by atoms with van der Waals surface area (Å²) < 4.78 is 5.12. The predicted octanol–water partition coefficient (Wildman–Crippen LogP) is 3.54. The third kappa shape index (κ3) is 4.49. The van der Waals surface area contributed by atoms with Gasteiger partial charge in [0.2, 0.25) is 5.91 Å². The van der Waals surface area contributed by atoms with Crippen molar-refractivity contribution in [2.75, 3.05) is 6.61 Å². The zero-order chi connectivity index (χ0) is 17.7. The highest BCUT2D eigenvalue weighted by molar-refractivity contribution is 5.83. The van der Waals surface area contributed by atoms with Gasteiger partial charge in [0.25, 0.3) is 0 Å². The maximum atomic E-state index is 12.7. The lowest BCUT2D eigenvalue weighted by molar-refractivity contribution is -0.139. The van der Waals surface area contributed by atoms with Crippen LogP contribution in [0.15, 0.2) is 24.3 Å². The summed E-state index contributed by atoms with van der Waals surface area (Å²) >= 11 is 0. The SMILES string of the molecule is CC(C)CC1(C(=O)NC(C)c2ccc(OCC(=O)O)cc2)CCC1. The van der Waals surface area contributed by atoms with Crippen molar-refractivity contribution in [2.24, 2.45) is 11.3 Å². The number of hydrogen-bond donors (Lipinski definition) is 2. The number of carbonyl (C=O) groups excluding carboxylic acids is 1. The molecule has 24 heavy (non-hydrogen) atoms. The number of aliphatic carboxylic acids is 1. The van der Waals surface area contributed by atoms with E-state index in [2.05, 4.69) is 19.2 Å².